The van der Waals surface area contributed by atoms with E-state index in [2.05, 4.69) is 0 Å². The molecule has 1 aliphatic rings. The van der Waals surface area contributed by atoms with Crippen molar-refractivity contribution < 1.29 is 23.5 Å². The fourth-order valence-corrected chi connectivity index (χ4v) is 2.87. The molecule has 1 unspecified atom stereocenters. The van der Waals surface area contributed by atoms with E-state index in [-0.39, 0.29) is 31.0 Å². The first-order valence-corrected chi connectivity index (χ1v) is 7.18. The zero-order valence-electron chi connectivity index (χ0n) is 12.6. The standard InChI is InChI=1S/C16H19F2NO3/c1-11(2)15(14(21)22)8-9-19(10-15)13(20)16(17,18)12-6-4-3-5-7-12/h3-7,11H,8-10H2,1-2H3,(H,21,22). The average Bonchev–Trinajstić information content (AvgIpc) is 2.94. The lowest BCUT2D eigenvalue weighted by atomic mass is 9.76. The molecule has 1 heterocycles. The van der Waals surface area contributed by atoms with E-state index in [4.69, 9.17) is 0 Å². The number of halogens is 2. The van der Waals surface area contributed by atoms with Crippen LogP contribution in [0, 0.1) is 11.3 Å². The highest BCUT2D eigenvalue weighted by Crippen LogP contribution is 2.40. The van der Waals surface area contributed by atoms with Gasteiger partial charge in [-0.25, -0.2) is 0 Å². The Morgan fingerprint density at radius 1 is 1.27 bits per heavy atom. The number of nitrogens with zero attached hydrogens (tertiary/aromatic N) is 1. The number of carbonyl (C=O) groups is 2. The largest absolute Gasteiger partial charge is 0.481 e. The Morgan fingerprint density at radius 2 is 1.86 bits per heavy atom. The molecule has 1 atom stereocenters. The highest BCUT2D eigenvalue weighted by molar-refractivity contribution is 5.86. The zero-order valence-corrected chi connectivity index (χ0v) is 12.6. The van der Waals surface area contributed by atoms with Gasteiger partial charge in [0.05, 0.1) is 5.41 Å². The summed E-state index contributed by atoms with van der Waals surface area (Å²) in [6, 6.07) is 6.86. The van der Waals surface area contributed by atoms with Gasteiger partial charge >= 0.3 is 11.9 Å². The smallest absolute Gasteiger partial charge is 0.349 e. The lowest BCUT2D eigenvalue weighted by molar-refractivity contribution is -0.160. The maximum atomic E-state index is 14.3. The molecule has 0 radical (unpaired) electrons. The third kappa shape index (κ3) is 2.58. The number of carboxylic acid groups (broad SMARTS) is 1. The summed E-state index contributed by atoms with van der Waals surface area (Å²) >= 11 is 0. The van der Waals surface area contributed by atoms with Gasteiger partial charge in [-0.3, -0.25) is 9.59 Å². The predicted molar refractivity (Wildman–Crippen MR) is 76.4 cm³/mol. The fraction of sp³-hybridized carbons (Fsp3) is 0.500. The number of hydrogen-bond donors (Lipinski definition) is 1. The van der Waals surface area contributed by atoms with Gasteiger partial charge in [0, 0.05) is 18.7 Å². The van der Waals surface area contributed by atoms with Gasteiger partial charge in [-0.1, -0.05) is 44.2 Å². The van der Waals surface area contributed by atoms with Crippen LogP contribution in [-0.4, -0.2) is 35.0 Å². The summed E-state index contributed by atoms with van der Waals surface area (Å²) in [7, 11) is 0. The molecular weight excluding hydrogens is 292 g/mol. The molecule has 0 saturated carbocycles. The molecule has 1 saturated heterocycles. The third-order valence-electron chi connectivity index (χ3n) is 4.52. The van der Waals surface area contributed by atoms with Crippen LogP contribution in [0.15, 0.2) is 30.3 Å². The second-order valence-corrected chi connectivity index (χ2v) is 6.03. The number of alkyl halides is 2. The predicted octanol–water partition coefficient (Wildman–Crippen LogP) is 2.74. The van der Waals surface area contributed by atoms with Crippen LogP contribution in [0.25, 0.3) is 0 Å². The molecule has 1 fully saturated rings. The van der Waals surface area contributed by atoms with E-state index in [0.29, 0.717) is 0 Å². The molecular formula is C16H19F2NO3. The van der Waals surface area contributed by atoms with Gasteiger partial charge < -0.3 is 10.0 Å². The number of aliphatic carboxylic acids is 1. The highest BCUT2D eigenvalue weighted by Gasteiger charge is 2.53. The van der Waals surface area contributed by atoms with Crippen LogP contribution in [-0.2, 0) is 15.5 Å². The number of likely N-dealkylation sites (tertiary alicyclic amines) is 1. The minimum absolute atomic E-state index is 0.0335. The molecule has 1 N–H and O–H groups in total. The molecule has 1 aromatic rings. The summed E-state index contributed by atoms with van der Waals surface area (Å²) in [5.74, 6) is -6.26. The van der Waals surface area contributed by atoms with E-state index in [9.17, 15) is 23.5 Å². The van der Waals surface area contributed by atoms with E-state index in [1.807, 2.05) is 0 Å². The van der Waals surface area contributed by atoms with Crippen LogP contribution in [0.5, 0.6) is 0 Å². The highest BCUT2D eigenvalue weighted by atomic mass is 19.3. The number of carbonyl (C=O) groups excluding carboxylic acids is 1. The molecule has 4 nitrogen and oxygen atoms in total. The number of hydrogen-bond acceptors (Lipinski definition) is 2. The topological polar surface area (TPSA) is 57.6 Å². The lowest BCUT2D eigenvalue weighted by Gasteiger charge is -2.29. The molecule has 120 valence electrons. The molecule has 6 heteroatoms. The molecule has 1 amide bonds. The number of carboxylic acids is 1. The zero-order chi connectivity index (χ0) is 16.5. The van der Waals surface area contributed by atoms with E-state index in [0.717, 1.165) is 4.90 Å². The maximum Gasteiger partial charge on any atom is 0.349 e. The summed E-state index contributed by atoms with van der Waals surface area (Å²) in [5.41, 5.74) is -1.53. The molecule has 0 spiro atoms. The molecule has 2 rings (SSSR count). The van der Waals surface area contributed by atoms with Crippen molar-refractivity contribution in [2.45, 2.75) is 26.2 Å². The molecule has 0 aromatic heterocycles. The van der Waals surface area contributed by atoms with E-state index >= 15 is 0 Å². The molecule has 1 aromatic carbocycles. The number of rotatable bonds is 4. The van der Waals surface area contributed by atoms with Crippen molar-refractivity contribution in [3.05, 3.63) is 35.9 Å². The molecule has 0 aliphatic carbocycles. The minimum atomic E-state index is -3.65. The first-order chi connectivity index (χ1) is 10.2. The van der Waals surface area contributed by atoms with Crippen LogP contribution < -0.4 is 0 Å². The van der Waals surface area contributed by atoms with Crippen molar-refractivity contribution in [1.29, 1.82) is 0 Å². The Hall–Kier alpha value is -1.98. The van der Waals surface area contributed by atoms with Crippen LogP contribution in [0.3, 0.4) is 0 Å². The van der Waals surface area contributed by atoms with Crippen molar-refractivity contribution in [1.82, 2.24) is 4.90 Å². The Bertz CT molecular complexity index is 574. The monoisotopic (exact) mass is 311 g/mol. The molecule has 1 aliphatic heterocycles. The van der Waals surface area contributed by atoms with Gasteiger partial charge in [0.2, 0.25) is 0 Å². The maximum absolute atomic E-state index is 14.3. The summed E-state index contributed by atoms with van der Waals surface area (Å²) in [6.07, 6.45) is 0.191. The van der Waals surface area contributed by atoms with Gasteiger partial charge in [-0.05, 0) is 12.3 Å². The second-order valence-electron chi connectivity index (χ2n) is 6.03. The Labute approximate surface area is 127 Å². The normalized spacial score (nSPS) is 22.1. The van der Waals surface area contributed by atoms with Gasteiger partial charge in [0.1, 0.15) is 0 Å². The van der Waals surface area contributed by atoms with Crippen molar-refractivity contribution in [2.24, 2.45) is 11.3 Å². The fourth-order valence-electron chi connectivity index (χ4n) is 2.87. The van der Waals surface area contributed by atoms with Crippen molar-refractivity contribution >= 4 is 11.9 Å². The summed E-state index contributed by atoms with van der Waals surface area (Å²) in [4.78, 5) is 24.7. The Kier molecular flexibility index (Phi) is 4.22. The van der Waals surface area contributed by atoms with Gasteiger partial charge in [-0.2, -0.15) is 8.78 Å². The SMILES string of the molecule is CC(C)C1(C(=O)O)CCN(C(=O)C(F)(F)c2ccccc2)C1. The summed E-state index contributed by atoms with van der Waals surface area (Å²) < 4.78 is 28.6. The van der Waals surface area contributed by atoms with Gasteiger partial charge in [-0.15, -0.1) is 0 Å². The van der Waals surface area contributed by atoms with E-state index in [1.54, 1.807) is 19.9 Å². The van der Waals surface area contributed by atoms with Gasteiger partial charge in [0.15, 0.2) is 0 Å². The minimum Gasteiger partial charge on any atom is -0.481 e. The number of benzene rings is 1. The lowest BCUT2D eigenvalue weighted by Crippen LogP contribution is -2.44. The van der Waals surface area contributed by atoms with Crippen LogP contribution in [0.1, 0.15) is 25.8 Å². The van der Waals surface area contributed by atoms with Crippen molar-refractivity contribution in [3.8, 4) is 0 Å². The quantitative estimate of drug-likeness (QED) is 0.930. The first-order valence-electron chi connectivity index (χ1n) is 7.18. The number of amides is 1. The summed E-state index contributed by atoms with van der Waals surface area (Å²) in [6.45, 7) is 3.32. The third-order valence-corrected chi connectivity index (χ3v) is 4.52. The molecule has 22 heavy (non-hydrogen) atoms. The first kappa shape index (κ1) is 16.4. The molecule has 0 bridgehead atoms. The van der Waals surface area contributed by atoms with Crippen LogP contribution >= 0.6 is 0 Å². The van der Waals surface area contributed by atoms with Crippen LogP contribution in [0.4, 0.5) is 8.78 Å². The Morgan fingerprint density at radius 3 is 2.32 bits per heavy atom. The van der Waals surface area contributed by atoms with E-state index < -0.39 is 23.2 Å². The second kappa shape index (κ2) is 5.66. The average molecular weight is 311 g/mol. The summed E-state index contributed by atoms with van der Waals surface area (Å²) in [5, 5.41) is 9.43. The Balaban J connectivity index is 2.23. The van der Waals surface area contributed by atoms with Gasteiger partial charge in [0.25, 0.3) is 5.91 Å². The van der Waals surface area contributed by atoms with E-state index in [1.165, 1.54) is 24.3 Å². The van der Waals surface area contributed by atoms with Crippen molar-refractivity contribution in [3.63, 3.8) is 0 Å². The van der Waals surface area contributed by atoms with Crippen molar-refractivity contribution in [2.75, 3.05) is 13.1 Å². The van der Waals surface area contributed by atoms with Crippen LogP contribution in [0.2, 0.25) is 0 Å².